The van der Waals surface area contributed by atoms with Crippen LogP contribution < -0.4 is 0 Å². The molecule has 3 unspecified atom stereocenters. The molecule has 0 aliphatic heterocycles. The largest absolute Gasteiger partial charge is 0.481 e. The molecule has 0 radical (unpaired) electrons. The number of nitrogens with zero attached hydrogens (tertiary/aromatic N) is 1. The second-order valence-electron chi connectivity index (χ2n) is 3.26. The smallest absolute Gasteiger partial charge is 0.313 e. The zero-order chi connectivity index (χ0) is 10.0. The van der Waals surface area contributed by atoms with E-state index >= 15 is 0 Å². The summed E-state index contributed by atoms with van der Waals surface area (Å²) in [6, 6.07) is -0.930. The van der Waals surface area contributed by atoms with Crippen LogP contribution in [0, 0.1) is 16.0 Å². The number of hydrogen-bond donors (Lipinski definition) is 2. The summed E-state index contributed by atoms with van der Waals surface area (Å²) in [7, 11) is 0. The minimum absolute atomic E-state index is 0.0164. The summed E-state index contributed by atoms with van der Waals surface area (Å²) in [6.07, 6.45) is 1.24. The summed E-state index contributed by atoms with van der Waals surface area (Å²) in [5.74, 6) is -1.95. The third kappa shape index (κ3) is 2.33. The van der Waals surface area contributed by atoms with E-state index in [9.17, 15) is 14.9 Å². The van der Waals surface area contributed by atoms with Crippen LogP contribution in [0.25, 0.3) is 0 Å². The minimum atomic E-state index is -1.08. The van der Waals surface area contributed by atoms with E-state index in [1.807, 2.05) is 0 Å². The predicted octanol–water partition coefficient (Wildman–Crippen LogP) is 0.815. The zero-order valence-electron chi connectivity index (χ0n) is 6.92. The third-order valence-electron chi connectivity index (χ3n) is 2.37. The molecule has 0 bridgehead atoms. The van der Waals surface area contributed by atoms with Gasteiger partial charge >= 0.3 is 5.97 Å². The first kappa shape index (κ1) is 10.3. The highest BCUT2D eigenvalue weighted by atomic mass is 32.1. The fraction of sp³-hybridized carbons (Fsp3) is 0.857. The van der Waals surface area contributed by atoms with Crippen LogP contribution in [0.4, 0.5) is 0 Å². The van der Waals surface area contributed by atoms with E-state index in [0.717, 1.165) is 0 Å². The number of aliphatic carboxylic acids is 1. The van der Waals surface area contributed by atoms with E-state index in [0.29, 0.717) is 19.3 Å². The Labute approximate surface area is 80.7 Å². The summed E-state index contributed by atoms with van der Waals surface area (Å²) < 4.78 is 0. The summed E-state index contributed by atoms with van der Waals surface area (Å²) in [5.41, 5.74) is 0. The Morgan fingerprint density at radius 3 is 2.62 bits per heavy atom. The maximum Gasteiger partial charge on any atom is 0.313 e. The molecule has 0 amide bonds. The number of carboxylic acid groups (broad SMARTS) is 1. The van der Waals surface area contributed by atoms with Crippen molar-refractivity contribution in [1.82, 2.24) is 0 Å². The van der Waals surface area contributed by atoms with E-state index in [4.69, 9.17) is 5.11 Å². The summed E-state index contributed by atoms with van der Waals surface area (Å²) in [4.78, 5) is 20.7. The molecule has 1 rings (SSSR count). The van der Waals surface area contributed by atoms with Gasteiger partial charge in [0, 0.05) is 16.6 Å². The maximum absolute atomic E-state index is 10.7. The molecule has 0 spiro atoms. The molecule has 0 saturated heterocycles. The molecule has 1 aliphatic rings. The molecule has 0 heterocycles. The maximum atomic E-state index is 10.7. The number of nitro groups is 1. The van der Waals surface area contributed by atoms with Crippen molar-refractivity contribution in [3.8, 4) is 0 Å². The van der Waals surface area contributed by atoms with Crippen molar-refractivity contribution in [2.45, 2.75) is 30.6 Å². The van der Waals surface area contributed by atoms with E-state index in [2.05, 4.69) is 12.6 Å². The van der Waals surface area contributed by atoms with Crippen molar-refractivity contribution in [3.05, 3.63) is 10.1 Å². The molecule has 0 aromatic carbocycles. The summed E-state index contributed by atoms with van der Waals surface area (Å²) in [6.45, 7) is 0. The molecule has 6 heteroatoms. The molecule has 74 valence electrons. The van der Waals surface area contributed by atoms with Crippen LogP contribution in [-0.4, -0.2) is 27.3 Å². The predicted molar refractivity (Wildman–Crippen MR) is 48.5 cm³/mol. The van der Waals surface area contributed by atoms with Gasteiger partial charge in [-0.25, -0.2) is 0 Å². The molecule has 1 fully saturated rings. The van der Waals surface area contributed by atoms with Crippen LogP contribution >= 0.6 is 12.6 Å². The van der Waals surface area contributed by atoms with Gasteiger partial charge in [-0.15, -0.1) is 0 Å². The highest BCUT2D eigenvalue weighted by Crippen LogP contribution is 2.29. The Morgan fingerprint density at radius 2 is 2.15 bits per heavy atom. The lowest BCUT2D eigenvalue weighted by atomic mass is 9.84. The van der Waals surface area contributed by atoms with Gasteiger partial charge in [0.25, 0.3) is 0 Å². The Morgan fingerprint density at radius 1 is 1.54 bits per heavy atom. The van der Waals surface area contributed by atoms with Crippen LogP contribution in [0.5, 0.6) is 0 Å². The lowest BCUT2D eigenvalue weighted by Crippen LogP contribution is -2.40. The molecular formula is C7H11NO4S. The Balaban J connectivity index is 2.72. The van der Waals surface area contributed by atoms with Gasteiger partial charge in [0.05, 0.1) is 0 Å². The topological polar surface area (TPSA) is 80.4 Å². The molecule has 0 aromatic rings. The molecule has 1 aliphatic carbocycles. The SMILES string of the molecule is O=C(O)C1CC(S)CCC1[N+](=O)[O-]. The number of rotatable bonds is 2. The van der Waals surface area contributed by atoms with Crippen LogP contribution in [0.2, 0.25) is 0 Å². The van der Waals surface area contributed by atoms with Crippen LogP contribution in [0.1, 0.15) is 19.3 Å². The number of hydrogen-bond acceptors (Lipinski definition) is 4. The molecule has 5 nitrogen and oxygen atoms in total. The van der Waals surface area contributed by atoms with E-state index in [-0.39, 0.29) is 5.25 Å². The standard InChI is InChI=1S/C7H11NO4S/c9-7(10)5-3-4(13)1-2-6(5)8(11)12/h4-6,13H,1-3H2,(H,9,10). The molecule has 1 saturated carbocycles. The van der Waals surface area contributed by atoms with Gasteiger partial charge < -0.3 is 5.11 Å². The fourth-order valence-corrected chi connectivity index (χ4v) is 2.03. The van der Waals surface area contributed by atoms with Crippen LogP contribution in [-0.2, 0) is 4.79 Å². The average molecular weight is 205 g/mol. The van der Waals surface area contributed by atoms with Gasteiger partial charge in [-0.1, -0.05) is 0 Å². The summed E-state index contributed by atoms with van der Waals surface area (Å²) in [5, 5.41) is 19.2. The average Bonchev–Trinajstić information content (AvgIpc) is 2.03. The Kier molecular flexibility index (Phi) is 3.13. The fourth-order valence-electron chi connectivity index (χ4n) is 1.65. The highest BCUT2D eigenvalue weighted by Gasteiger charge is 2.41. The van der Waals surface area contributed by atoms with Crippen molar-refractivity contribution < 1.29 is 14.8 Å². The highest BCUT2D eigenvalue weighted by molar-refractivity contribution is 7.80. The van der Waals surface area contributed by atoms with Gasteiger partial charge in [0.2, 0.25) is 6.04 Å². The second kappa shape index (κ2) is 3.95. The van der Waals surface area contributed by atoms with Crippen molar-refractivity contribution in [1.29, 1.82) is 0 Å². The van der Waals surface area contributed by atoms with Crippen LogP contribution in [0.3, 0.4) is 0 Å². The summed E-state index contributed by atoms with van der Waals surface area (Å²) >= 11 is 4.14. The second-order valence-corrected chi connectivity index (χ2v) is 3.99. The van der Waals surface area contributed by atoms with Crippen LogP contribution in [0.15, 0.2) is 0 Å². The third-order valence-corrected chi connectivity index (χ3v) is 2.84. The zero-order valence-corrected chi connectivity index (χ0v) is 7.81. The van der Waals surface area contributed by atoms with E-state index in [1.54, 1.807) is 0 Å². The first-order valence-electron chi connectivity index (χ1n) is 4.06. The van der Waals surface area contributed by atoms with Gasteiger partial charge in [0.1, 0.15) is 5.92 Å². The molecular weight excluding hydrogens is 194 g/mol. The molecule has 3 atom stereocenters. The quantitative estimate of drug-likeness (QED) is 0.397. The normalized spacial score (nSPS) is 34.1. The van der Waals surface area contributed by atoms with Crippen molar-refractivity contribution in [2.24, 2.45) is 5.92 Å². The van der Waals surface area contributed by atoms with Crippen molar-refractivity contribution in [3.63, 3.8) is 0 Å². The van der Waals surface area contributed by atoms with Crippen molar-refractivity contribution >= 4 is 18.6 Å². The van der Waals surface area contributed by atoms with Crippen molar-refractivity contribution in [2.75, 3.05) is 0 Å². The van der Waals surface area contributed by atoms with Gasteiger partial charge in [0.15, 0.2) is 0 Å². The van der Waals surface area contributed by atoms with Gasteiger partial charge in [-0.2, -0.15) is 12.6 Å². The monoisotopic (exact) mass is 205 g/mol. The Bertz CT molecular complexity index is 233. The van der Waals surface area contributed by atoms with E-state index in [1.165, 1.54) is 0 Å². The molecule has 13 heavy (non-hydrogen) atoms. The number of thiol groups is 1. The van der Waals surface area contributed by atoms with Gasteiger partial charge in [-0.05, 0) is 12.8 Å². The van der Waals surface area contributed by atoms with Gasteiger partial charge in [-0.3, -0.25) is 14.9 Å². The first-order valence-corrected chi connectivity index (χ1v) is 4.58. The Hall–Kier alpha value is -0.780. The molecule has 1 N–H and O–H groups in total. The van der Waals surface area contributed by atoms with E-state index < -0.39 is 22.9 Å². The minimum Gasteiger partial charge on any atom is -0.481 e. The lowest BCUT2D eigenvalue weighted by Gasteiger charge is -2.25. The molecule has 0 aromatic heterocycles. The first-order chi connectivity index (χ1) is 6.02. The number of carboxylic acids is 1. The number of carbonyl (C=O) groups is 1. The lowest BCUT2D eigenvalue weighted by molar-refractivity contribution is -0.532.